The topological polar surface area (TPSA) is 34.6 Å². The van der Waals surface area contributed by atoms with Gasteiger partial charge >= 0.3 is 51.4 Å². The number of pyridine rings is 1. The number of fused-ring (bicyclic) bond motifs is 1. The molecule has 3 rings (SSSR count). The number of benzene rings is 1. The molecule has 0 amide bonds. The molecular weight excluding hydrogens is 343 g/mol. The van der Waals surface area contributed by atoms with Crippen molar-refractivity contribution in [3.63, 3.8) is 0 Å². The molecule has 0 unspecified atom stereocenters. The van der Waals surface area contributed by atoms with Gasteiger partial charge < -0.3 is 39.2 Å². The van der Waals surface area contributed by atoms with Gasteiger partial charge in [-0.05, 0) is 29.3 Å². The van der Waals surface area contributed by atoms with E-state index in [1.54, 1.807) is 6.20 Å². The van der Waals surface area contributed by atoms with Crippen molar-refractivity contribution in [3.8, 4) is 11.5 Å². The summed E-state index contributed by atoms with van der Waals surface area (Å²) in [4.78, 5) is 6.07. The van der Waals surface area contributed by atoms with Crippen LogP contribution in [-0.4, -0.2) is 21.0 Å². The molecule has 0 N–H and O–H groups in total. The van der Waals surface area contributed by atoms with Crippen LogP contribution in [0.5, 0.6) is 11.5 Å². The van der Waals surface area contributed by atoms with Crippen LogP contribution in [0, 0.1) is 0 Å². The van der Waals surface area contributed by atoms with Crippen molar-refractivity contribution >= 4 is 29.2 Å². The Balaban J connectivity index is 0.00000176. The minimum absolute atomic E-state index is 0. The van der Waals surface area contributed by atoms with Crippen LogP contribution in [-0.2, 0) is 25.7 Å². The van der Waals surface area contributed by atoms with Crippen molar-refractivity contribution in [1.82, 2.24) is 9.88 Å². The second-order valence-corrected chi connectivity index (χ2v) is 5.70. The van der Waals surface area contributed by atoms with Crippen molar-refractivity contribution in [1.29, 1.82) is 0 Å². The Hall–Kier alpha value is -0.284. The maximum atomic E-state index is 5.39. The van der Waals surface area contributed by atoms with Gasteiger partial charge in [-0.15, -0.1) is 0 Å². The van der Waals surface area contributed by atoms with Crippen LogP contribution in [0.4, 0.5) is 0 Å². The first-order valence-corrected chi connectivity index (χ1v) is 7.27. The Morgan fingerprint density at radius 2 is 1.95 bits per heavy atom. The van der Waals surface area contributed by atoms with Crippen LogP contribution >= 0.6 is 12.2 Å². The average molecular weight is 357 g/mol. The maximum Gasteiger partial charge on any atom is 1.00 e. The van der Waals surface area contributed by atoms with Crippen molar-refractivity contribution in [2.45, 2.75) is 13.1 Å². The fourth-order valence-electron chi connectivity index (χ4n) is 2.16. The number of nitrogens with zero attached hydrogens (tertiary/aromatic N) is 2. The smallest absolute Gasteiger partial charge is 0.454 e. The molecular formula is C15H13KN2O2S2. The molecule has 0 aliphatic carbocycles. The molecule has 1 aliphatic heterocycles. The van der Waals surface area contributed by atoms with Crippen molar-refractivity contribution < 1.29 is 60.9 Å². The summed E-state index contributed by atoms with van der Waals surface area (Å²) in [7, 11) is 0. The minimum atomic E-state index is 0. The molecule has 108 valence electrons. The van der Waals surface area contributed by atoms with Gasteiger partial charge in [-0.1, -0.05) is 16.5 Å². The number of hydrogen-bond donors (Lipinski definition) is 0. The molecule has 0 atom stereocenters. The summed E-state index contributed by atoms with van der Waals surface area (Å²) in [6, 6.07) is 9.78. The summed E-state index contributed by atoms with van der Waals surface area (Å²) >= 11 is 10.4. The summed E-state index contributed by atoms with van der Waals surface area (Å²) in [5.41, 5.74) is 2.15. The van der Waals surface area contributed by atoms with E-state index in [2.05, 4.69) is 4.98 Å². The number of thiocarbonyl (C=S) groups is 1. The molecule has 1 aromatic heterocycles. The molecule has 2 heterocycles. The standard InChI is InChI=1S/C15H14N2O2S2.K/c20-15(21)17(9-12-2-1-5-16-7-12)8-11-3-4-13-14(6-11)19-10-18-13;/h1-7H,8-10H2,(H,20,21);/q;+1/p-1. The fraction of sp³-hybridized carbons (Fsp3) is 0.200. The quantitative estimate of drug-likeness (QED) is 0.423. The fourth-order valence-corrected chi connectivity index (χ4v) is 2.41. The molecule has 2 aromatic rings. The van der Waals surface area contributed by atoms with Gasteiger partial charge in [-0.3, -0.25) is 4.98 Å². The predicted octanol–water partition coefficient (Wildman–Crippen LogP) is -0.352. The number of hydrogen-bond acceptors (Lipinski definition) is 5. The third kappa shape index (κ3) is 4.61. The van der Waals surface area contributed by atoms with Gasteiger partial charge in [-0.2, -0.15) is 0 Å². The monoisotopic (exact) mass is 356 g/mol. The van der Waals surface area contributed by atoms with E-state index < -0.39 is 0 Å². The normalized spacial score (nSPS) is 11.6. The van der Waals surface area contributed by atoms with E-state index >= 15 is 0 Å². The Kier molecular flexibility index (Phi) is 7.01. The van der Waals surface area contributed by atoms with Gasteiger partial charge in [0.15, 0.2) is 11.5 Å². The Morgan fingerprint density at radius 1 is 1.18 bits per heavy atom. The second-order valence-electron chi connectivity index (χ2n) is 4.67. The average Bonchev–Trinajstić information content (AvgIpc) is 2.95. The minimum Gasteiger partial charge on any atom is -0.454 e. The third-order valence-corrected chi connectivity index (χ3v) is 3.68. The number of ether oxygens (including phenoxy) is 2. The summed E-state index contributed by atoms with van der Waals surface area (Å²) in [6.45, 7) is 1.55. The summed E-state index contributed by atoms with van der Waals surface area (Å²) in [6.07, 6.45) is 3.57. The van der Waals surface area contributed by atoms with Crippen LogP contribution in [0.3, 0.4) is 0 Å². The van der Waals surface area contributed by atoms with E-state index in [1.165, 1.54) is 0 Å². The molecule has 1 aromatic carbocycles. The van der Waals surface area contributed by atoms with E-state index in [9.17, 15) is 0 Å². The summed E-state index contributed by atoms with van der Waals surface area (Å²) in [5.74, 6) is 1.54. The summed E-state index contributed by atoms with van der Waals surface area (Å²) in [5, 5.41) is 0. The van der Waals surface area contributed by atoms with Gasteiger partial charge in [0.1, 0.15) is 0 Å². The molecule has 0 bridgehead atoms. The van der Waals surface area contributed by atoms with Gasteiger partial charge in [0.2, 0.25) is 6.79 Å². The van der Waals surface area contributed by atoms with Gasteiger partial charge in [0, 0.05) is 25.5 Å². The molecule has 0 saturated heterocycles. The number of rotatable bonds is 4. The summed E-state index contributed by atoms with van der Waals surface area (Å²) < 4.78 is 11.1. The predicted molar refractivity (Wildman–Crippen MR) is 86.0 cm³/mol. The van der Waals surface area contributed by atoms with Crippen LogP contribution in [0.1, 0.15) is 11.1 Å². The van der Waals surface area contributed by atoms with Crippen LogP contribution < -0.4 is 60.9 Å². The van der Waals surface area contributed by atoms with E-state index in [0.717, 1.165) is 22.6 Å². The second kappa shape index (κ2) is 8.54. The van der Waals surface area contributed by atoms with Gasteiger partial charge in [0.05, 0.1) is 0 Å². The van der Waals surface area contributed by atoms with Crippen molar-refractivity contribution in [2.75, 3.05) is 6.79 Å². The van der Waals surface area contributed by atoms with E-state index in [4.69, 9.17) is 34.3 Å². The van der Waals surface area contributed by atoms with Gasteiger partial charge in [-0.25, -0.2) is 0 Å². The largest absolute Gasteiger partial charge is 1.00 e. The SMILES string of the molecule is S=C([S-])N(Cc1cccnc1)Cc1ccc2c(c1)OCO2.[K+]. The van der Waals surface area contributed by atoms with Gasteiger partial charge in [0.25, 0.3) is 0 Å². The van der Waals surface area contributed by atoms with Crippen LogP contribution in [0.15, 0.2) is 42.7 Å². The van der Waals surface area contributed by atoms with Crippen molar-refractivity contribution in [3.05, 3.63) is 53.9 Å². The molecule has 0 spiro atoms. The molecule has 7 heteroatoms. The Labute approximate surface area is 183 Å². The maximum absolute atomic E-state index is 5.39. The molecule has 4 nitrogen and oxygen atoms in total. The molecule has 22 heavy (non-hydrogen) atoms. The molecule has 1 aliphatic rings. The Morgan fingerprint density at radius 3 is 2.68 bits per heavy atom. The molecule has 0 fully saturated rings. The first kappa shape index (κ1) is 18.1. The third-order valence-electron chi connectivity index (χ3n) is 3.16. The molecule has 0 radical (unpaired) electrons. The first-order valence-electron chi connectivity index (χ1n) is 6.46. The molecule has 0 saturated carbocycles. The van der Waals surface area contributed by atoms with Crippen LogP contribution in [0.25, 0.3) is 0 Å². The number of aromatic nitrogens is 1. The first-order chi connectivity index (χ1) is 10.2. The zero-order valence-electron chi connectivity index (χ0n) is 12.2. The Bertz CT molecular complexity index is 655. The van der Waals surface area contributed by atoms with Crippen molar-refractivity contribution in [2.24, 2.45) is 0 Å². The van der Waals surface area contributed by atoms with Crippen LogP contribution in [0.2, 0.25) is 0 Å². The van der Waals surface area contributed by atoms with E-state index in [0.29, 0.717) is 17.4 Å². The van der Waals surface area contributed by atoms with E-state index in [-0.39, 0.29) is 58.2 Å². The zero-order valence-corrected chi connectivity index (χ0v) is 16.9. The van der Waals surface area contributed by atoms with E-state index in [1.807, 2.05) is 41.4 Å². The zero-order chi connectivity index (χ0) is 14.7.